The van der Waals surface area contributed by atoms with Gasteiger partial charge in [0, 0.05) is 30.9 Å². The van der Waals surface area contributed by atoms with Crippen molar-refractivity contribution in [3.8, 4) is 11.3 Å². The Morgan fingerprint density at radius 1 is 1.38 bits per heavy atom. The van der Waals surface area contributed by atoms with E-state index < -0.39 is 0 Å². The van der Waals surface area contributed by atoms with Gasteiger partial charge in [-0.2, -0.15) is 0 Å². The molecule has 0 amide bonds. The summed E-state index contributed by atoms with van der Waals surface area (Å²) >= 11 is 0. The van der Waals surface area contributed by atoms with Crippen molar-refractivity contribution in [1.29, 1.82) is 0 Å². The zero-order chi connectivity index (χ0) is 11.1. The van der Waals surface area contributed by atoms with Gasteiger partial charge in [0.1, 0.15) is 5.69 Å². The van der Waals surface area contributed by atoms with Crippen molar-refractivity contribution < 1.29 is 4.52 Å². The van der Waals surface area contributed by atoms with Crippen LogP contribution in [0.25, 0.3) is 11.3 Å². The van der Waals surface area contributed by atoms with Gasteiger partial charge in [-0.15, -0.1) is 0 Å². The molecule has 16 heavy (non-hydrogen) atoms. The van der Waals surface area contributed by atoms with E-state index in [4.69, 9.17) is 10.3 Å². The molecule has 82 valence electrons. The van der Waals surface area contributed by atoms with E-state index in [1.54, 1.807) is 6.07 Å². The van der Waals surface area contributed by atoms with E-state index >= 15 is 0 Å². The molecule has 0 bridgehead atoms. The van der Waals surface area contributed by atoms with Crippen LogP contribution in [0.15, 0.2) is 28.8 Å². The quantitative estimate of drug-likeness (QED) is 0.789. The summed E-state index contributed by atoms with van der Waals surface area (Å²) in [5.41, 5.74) is 10.0. The Kier molecular flexibility index (Phi) is 1.89. The van der Waals surface area contributed by atoms with Gasteiger partial charge < -0.3 is 15.2 Å². The fraction of sp³-hybridized carbons (Fsp3) is 0.250. The summed E-state index contributed by atoms with van der Waals surface area (Å²) in [6.45, 7) is 1.08. The number of nitrogen functional groups attached to an aromatic ring is 1. The molecule has 1 aromatic heterocycles. The molecule has 0 aliphatic carbocycles. The first-order chi connectivity index (χ1) is 7.74. The number of anilines is 2. The zero-order valence-corrected chi connectivity index (χ0v) is 9.10. The second-order valence-corrected chi connectivity index (χ2v) is 4.13. The van der Waals surface area contributed by atoms with Crippen molar-refractivity contribution >= 4 is 11.6 Å². The Morgan fingerprint density at radius 3 is 3.00 bits per heavy atom. The van der Waals surface area contributed by atoms with E-state index in [0.717, 1.165) is 24.2 Å². The van der Waals surface area contributed by atoms with Crippen LogP contribution < -0.4 is 10.6 Å². The molecule has 1 aliphatic heterocycles. The minimum Gasteiger partial charge on any atom is -0.374 e. The van der Waals surface area contributed by atoms with Crippen LogP contribution in [0.3, 0.4) is 0 Å². The molecule has 0 spiro atoms. The number of rotatable bonds is 1. The minimum atomic E-state index is 0.351. The molecule has 2 heterocycles. The largest absolute Gasteiger partial charge is 0.374 e. The van der Waals surface area contributed by atoms with Crippen molar-refractivity contribution in [2.45, 2.75) is 6.42 Å². The number of aromatic nitrogens is 1. The second kappa shape index (κ2) is 3.27. The molecule has 0 atom stereocenters. The summed E-state index contributed by atoms with van der Waals surface area (Å²) < 4.78 is 4.88. The molecular formula is C12H13N3O. The Balaban J connectivity index is 2.07. The molecule has 3 rings (SSSR count). The summed E-state index contributed by atoms with van der Waals surface area (Å²) in [5.74, 6) is 0.351. The van der Waals surface area contributed by atoms with E-state index in [-0.39, 0.29) is 0 Å². The van der Waals surface area contributed by atoms with Crippen LogP contribution in [0.2, 0.25) is 0 Å². The smallest absolute Gasteiger partial charge is 0.222 e. The summed E-state index contributed by atoms with van der Waals surface area (Å²) in [7, 11) is 2.10. The van der Waals surface area contributed by atoms with Gasteiger partial charge >= 0.3 is 0 Å². The van der Waals surface area contributed by atoms with Crippen molar-refractivity contribution in [1.82, 2.24) is 5.16 Å². The van der Waals surface area contributed by atoms with Crippen LogP contribution in [0.4, 0.5) is 11.6 Å². The predicted molar refractivity (Wildman–Crippen MR) is 63.3 cm³/mol. The number of hydrogen-bond donors (Lipinski definition) is 1. The van der Waals surface area contributed by atoms with Crippen LogP contribution in [0.1, 0.15) is 5.56 Å². The van der Waals surface area contributed by atoms with Gasteiger partial charge in [-0.1, -0.05) is 17.3 Å². The summed E-state index contributed by atoms with van der Waals surface area (Å²) in [6, 6.07) is 8.10. The molecule has 0 radical (unpaired) electrons. The van der Waals surface area contributed by atoms with E-state index in [0.29, 0.717) is 5.88 Å². The fourth-order valence-electron chi connectivity index (χ4n) is 2.12. The number of nitrogens with two attached hydrogens (primary N) is 1. The molecule has 4 heteroatoms. The lowest BCUT2D eigenvalue weighted by molar-refractivity contribution is 0.439. The summed E-state index contributed by atoms with van der Waals surface area (Å²) in [5, 5.41) is 3.92. The summed E-state index contributed by atoms with van der Waals surface area (Å²) in [6.07, 6.45) is 1.12. The highest BCUT2D eigenvalue weighted by molar-refractivity contribution is 5.70. The second-order valence-electron chi connectivity index (χ2n) is 4.13. The van der Waals surface area contributed by atoms with E-state index in [9.17, 15) is 0 Å². The Bertz CT molecular complexity index is 533. The number of fused-ring (bicyclic) bond motifs is 1. The normalized spacial score (nSPS) is 14.2. The highest BCUT2D eigenvalue weighted by Crippen LogP contribution is 2.31. The van der Waals surface area contributed by atoms with Crippen molar-refractivity contribution in [3.63, 3.8) is 0 Å². The third-order valence-electron chi connectivity index (χ3n) is 3.04. The van der Waals surface area contributed by atoms with Gasteiger partial charge in [0.2, 0.25) is 5.88 Å². The fourth-order valence-corrected chi connectivity index (χ4v) is 2.12. The molecule has 1 aromatic carbocycles. The molecular weight excluding hydrogens is 202 g/mol. The highest BCUT2D eigenvalue weighted by atomic mass is 16.5. The number of nitrogens with zero attached hydrogens (tertiary/aromatic N) is 2. The van der Waals surface area contributed by atoms with Crippen molar-refractivity contribution in [2.75, 3.05) is 24.2 Å². The SMILES string of the molecule is CN1CCc2ccc(-c3cc(N)on3)cc21. The van der Waals surface area contributed by atoms with E-state index in [2.05, 4.69) is 35.3 Å². The lowest BCUT2D eigenvalue weighted by atomic mass is 10.1. The van der Waals surface area contributed by atoms with Gasteiger partial charge in [-0.25, -0.2) is 0 Å². The van der Waals surface area contributed by atoms with Gasteiger partial charge in [-0.3, -0.25) is 0 Å². The lowest BCUT2D eigenvalue weighted by Gasteiger charge is -2.12. The van der Waals surface area contributed by atoms with Gasteiger partial charge in [-0.05, 0) is 18.1 Å². The van der Waals surface area contributed by atoms with Gasteiger partial charge in [0.25, 0.3) is 0 Å². The van der Waals surface area contributed by atoms with Gasteiger partial charge in [0.15, 0.2) is 0 Å². The molecule has 2 aromatic rings. The van der Waals surface area contributed by atoms with Crippen LogP contribution in [0.5, 0.6) is 0 Å². The van der Waals surface area contributed by atoms with Crippen LogP contribution in [-0.4, -0.2) is 18.7 Å². The van der Waals surface area contributed by atoms with Gasteiger partial charge in [0.05, 0.1) is 0 Å². The van der Waals surface area contributed by atoms with Crippen LogP contribution >= 0.6 is 0 Å². The molecule has 0 saturated carbocycles. The van der Waals surface area contributed by atoms with Crippen molar-refractivity contribution in [2.24, 2.45) is 0 Å². The Labute approximate surface area is 93.6 Å². The maximum absolute atomic E-state index is 5.52. The monoisotopic (exact) mass is 215 g/mol. The lowest BCUT2D eigenvalue weighted by Crippen LogP contribution is -2.12. The Hall–Kier alpha value is -1.97. The van der Waals surface area contributed by atoms with Crippen LogP contribution in [0, 0.1) is 0 Å². The number of benzene rings is 1. The molecule has 0 saturated heterocycles. The molecule has 4 nitrogen and oxygen atoms in total. The van der Waals surface area contributed by atoms with E-state index in [1.807, 2.05) is 0 Å². The molecule has 0 fully saturated rings. The first-order valence-corrected chi connectivity index (χ1v) is 5.30. The predicted octanol–water partition coefficient (Wildman–Crippen LogP) is 1.92. The average Bonchev–Trinajstić information content (AvgIpc) is 2.86. The topological polar surface area (TPSA) is 55.3 Å². The number of likely N-dealkylation sites (N-methyl/N-ethyl adjacent to an activating group) is 1. The standard InChI is InChI=1S/C12H13N3O/c1-15-5-4-8-2-3-9(6-11(8)15)10-7-12(13)16-14-10/h2-3,6-7H,4-5,13H2,1H3. The third-order valence-corrected chi connectivity index (χ3v) is 3.04. The van der Waals surface area contributed by atoms with Crippen LogP contribution in [-0.2, 0) is 6.42 Å². The Morgan fingerprint density at radius 2 is 2.25 bits per heavy atom. The highest BCUT2D eigenvalue weighted by Gasteiger charge is 2.16. The maximum atomic E-state index is 5.52. The first-order valence-electron chi connectivity index (χ1n) is 5.30. The van der Waals surface area contributed by atoms with Crippen molar-refractivity contribution in [3.05, 3.63) is 29.8 Å². The van der Waals surface area contributed by atoms with E-state index in [1.165, 1.54) is 11.3 Å². The summed E-state index contributed by atoms with van der Waals surface area (Å²) in [4.78, 5) is 2.25. The maximum Gasteiger partial charge on any atom is 0.222 e. The average molecular weight is 215 g/mol. The molecule has 2 N–H and O–H groups in total. The number of hydrogen-bond acceptors (Lipinski definition) is 4. The first kappa shape index (κ1) is 9.27. The minimum absolute atomic E-state index is 0.351. The molecule has 0 unspecified atom stereocenters. The molecule has 1 aliphatic rings. The zero-order valence-electron chi connectivity index (χ0n) is 9.10. The third kappa shape index (κ3) is 1.34.